The molecule has 0 spiro atoms. The predicted octanol–water partition coefficient (Wildman–Crippen LogP) is 1.05. The number of ether oxygens (including phenoxy) is 1. The summed E-state index contributed by atoms with van der Waals surface area (Å²) < 4.78 is 5.34. The molecule has 2 heterocycles. The maximum atomic E-state index is 12.8. The number of nitrogens with zero attached hydrogens (tertiary/aromatic N) is 1. The van der Waals surface area contributed by atoms with Crippen LogP contribution >= 0.6 is 0 Å². The minimum Gasteiger partial charge on any atom is -0.495 e. The topological polar surface area (TPSA) is 82.7 Å². The second-order valence-corrected chi connectivity index (χ2v) is 6.81. The van der Waals surface area contributed by atoms with Gasteiger partial charge in [0.05, 0.1) is 18.7 Å². The molecule has 25 heavy (non-hydrogen) atoms. The molecule has 3 N–H and O–H groups in total. The van der Waals surface area contributed by atoms with E-state index in [-0.39, 0.29) is 23.8 Å². The van der Waals surface area contributed by atoms with Gasteiger partial charge in [0, 0.05) is 25.6 Å². The van der Waals surface area contributed by atoms with Gasteiger partial charge in [-0.05, 0) is 44.0 Å². The van der Waals surface area contributed by atoms with Gasteiger partial charge in [0.15, 0.2) is 0 Å². The fraction of sp³-hybridized carbons (Fsp3) is 0.556. The zero-order chi connectivity index (χ0) is 17.8. The Bertz CT molecular complexity index is 649. The number of hydrogen-bond acceptors (Lipinski definition) is 5. The smallest absolute Gasteiger partial charge is 0.235 e. The molecule has 0 aliphatic carbocycles. The van der Waals surface area contributed by atoms with Crippen LogP contribution in [0.4, 0.5) is 5.69 Å². The minimum absolute atomic E-state index is 0.00678. The highest BCUT2D eigenvalue weighted by Gasteiger charge is 2.32. The molecule has 7 nitrogen and oxygen atoms in total. The van der Waals surface area contributed by atoms with Crippen LogP contribution in [-0.4, -0.2) is 49.5 Å². The minimum atomic E-state index is -0.0797. The lowest BCUT2D eigenvalue weighted by atomic mass is 9.94. The van der Waals surface area contributed by atoms with E-state index in [0.29, 0.717) is 30.9 Å². The summed E-state index contributed by atoms with van der Waals surface area (Å²) in [5, 5.41) is 3.02. The lowest BCUT2D eigenvalue weighted by Gasteiger charge is -2.39. The van der Waals surface area contributed by atoms with Crippen molar-refractivity contribution in [3.63, 3.8) is 0 Å². The van der Waals surface area contributed by atoms with E-state index in [0.717, 1.165) is 24.9 Å². The van der Waals surface area contributed by atoms with Crippen LogP contribution in [0, 0.1) is 12.8 Å². The van der Waals surface area contributed by atoms with Crippen molar-refractivity contribution in [2.24, 2.45) is 5.92 Å². The van der Waals surface area contributed by atoms with Crippen molar-refractivity contribution < 1.29 is 14.3 Å². The van der Waals surface area contributed by atoms with Crippen molar-refractivity contribution in [2.75, 3.05) is 32.1 Å². The number of rotatable bonds is 4. The quantitative estimate of drug-likeness (QED) is 0.759. The van der Waals surface area contributed by atoms with E-state index in [4.69, 9.17) is 4.74 Å². The Morgan fingerprint density at radius 2 is 2.24 bits per heavy atom. The van der Waals surface area contributed by atoms with E-state index in [2.05, 4.69) is 21.1 Å². The van der Waals surface area contributed by atoms with Crippen molar-refractivity contribution in [3.8, 4) is 5.75 Å². The molecule has 136 valence electrons. The molecule has 2 atom stereocenters. The van der Waals surface area contributed by atoms with E-state index in [1.54, 1.807) is 7.11 Å². The molecular formula is C18H26N4O3. The number of anilines is 1. The number of methoxy groups -OCH3 is 1. The number of amides is 2. The molecule has 2 aliphatic rings. The Morgan fingerprint density at radius 3 is 3.00 bits per heavy atom. The Labute approximate surface area is 148 Å². The maximum Gasteiger partial charge on any atom is 0.235 e. The highest BCUT2D eigenvalue weighted by molar-refractivity contribution is 5.94. The van der Waals surface area contributed by atoms with Crippen LogP contribution < -0.4 is 20.9 Å². The summed E-state index contributed by atoms with van der Waals surface area (Å²) in [4.78, 5) is 26.6. The summed E-state index contributed by atoms with van der Waals surface area (Å²) >= 11 is 0. The maximum absolute atomic E-state index is 12.8. The van der Waals surface area contributed by atoms with Gasteiger partial charge < -0.3 is 10.1 Å². The van der Waals surface area contributed by atoms with Crippen molar-refractivity contribution >= 4 is 17.5 Å². The second-order valence-electron chi connectivity index (χ2n) is 6.81. The van der Waals surface area contributed by atoms with Gasteiger partial charge in [0.2, 0.25) is 11.8 Å². The van der Waals surface area contributed by atoms with Gasteiger partial charge in [-0.25, -0.2) is 5.43 Å². The molecule has 2 amide bonds. The zero-order valence-electron chi connectivity index (χ0n) is 14.8. The monoisotopic (exact) mass is 346 g/mol. The van der Waals surface area contributed by atoms with Gasteiger partial charge in [-0.3, -0.25) is 19.9 Å². The van der Waals surface area contributed by atoms with Crippen molar-refractivity contribution in [1.29, 1.82) is 0 Å². The SMILES string of the molecule is COc1ccc(C)cc1NC(=O)C1CCCN(C2CNNC(=O)C2)C1. The zero-order valence-corrected chi connectivity index (χ0v) is 14.8. The molecule has 0 saturated carbocycles. The number of hydrogen-bond donors (Lipinski definition) is 3. The number of likely N-dealkylation sites (tertiary alicyclic amines) is 1. The molecule has 1 aromatic carbocycles. The molecule has 2 aliphatic heterocycles. The van der Waals surface area contributed by atoms with Crippen LogP contribution in [0.1, 0.15) is 24.8 Å². The van der Waals surface area contributed by atoms with Gasteiger partial charge in [-0.2, -0.15) is 0 Å². The number of aryl methyl sites for hydroxylation is 1. The number of hydrazine groups is 1. The first-order valence-corrected chi connectivity index (χ1v) is 8.78. The Kier molecular flexibility index (Phi) is 5.55. The van der Waals surface area contributed by atoms with E-state index in [9.17, 15) is 9.59 Å². The fourth-order valence-corrected chi connectivity index (χ4v) is 3.57. The number of carbonyl (C=O) groups excluding carboxylic acids is 2. The Balaban J connectivity index is 1.64. The summed E-state index contributed by atoms with van der Waals surface area (Å²) in [5.41, 5.74) is 7.34. The van der Waals surface area contributed by atoms with Crippen LogP contribution in [0.2, 0.25) is 0 Å². The molecule has 0 aromatic heterocycles. The molecule has 2 unspecified atom stereocenters. The van der Waals surface area contributed by atoms with Gasteiger partial charge >= 0.3 is 0 Å². The van der Waals surface area contributed by atoms with Gasteiger partial charge in [-0.1, -0.05) is 6.07 Å². The van der Waals surface area contributed by atoms with E-state index < -0.39 is 0 Å². The fourth-order valence-electron chi connectivity index (χ4n) is 3.57. The van der Waals surface area contributed by atoms with E-state index >= 15 is 0 Å². The van der Waals surface area contributed by atoms with Crippen LogP contribution in [0.15, 0.2) is 18.2 Å². The lowest BCUT2D eigenvalue weighted by Crippen LogP contribution is -2.57. The van der Waals surface area contributed by atoms with Gasteiger partial charge in [-0.15, -0.1) is 0 Å². The average molecular weight is 346 g/mol. The third-order valence-electron chi connectivity index (χ3n) is 4.94. The highest BCUT2D eigenvalue weighted by Crippen LogP contribution is 2.27. The summed E-state index contributed by atoms with van der Waals surface area (Å²) in [5.74, 6) is 0.609. The third-order valence-corrected chi connectivity index (χ3v) is 4.94. The van der Waals surface area contributed by atoms with Crippen LogP contribution in [0.3, 0.4) is 0 Å². The predicted molar refractivity (Wildman–Crippen MR) is 95.2 cm³/mol. The van der Waals surface area contributed by atoms with E-state index in [1.807, 2.05) is 25.1 Å². The number of benzene rings is 1. The van der Waals surface area contributed by atoms with E-state index in [1.165, 1.54) is 0 Å². The molecule has 1 aromatic rings. The molecule has 7 heteroatoms. The summed E-state index contributed by atoms with van der Waals surface area (Å²) in [6, 6.07) is 5.90. The first-order valence-electron chi connectivity index (χ1n) is 8.78. The van der Waals surface area contributed by atoms with Crippen molar-refractivity contribution in [1.82, 2.24) is 15.8 Å². The summed E-state index contributed by atoms with van der Waals surface area (Å²) in [6.45, 7) is 4.31. The normalized spacial score (nSPS) is 24.5. The number of nitrogens with one attached hydrogen (secondary N) is 3. The van der Waals surface area contributed by atoms with Crippen molar-refractivity contribution in [3.05, 3.63) is 23.8 Å². The number of carbonyl (C=O) groups is 2. The molecular weight excluding hydrogens is 320 g/mol. The molecule has 3 rings (SSSR count). The van der Waals surface area contributed by atoms with Crippen molar-refractivity contribution in [2.45, 2.75) is 32.2 Å². The summed E-state index contributed by atoms with van der Waals surface area (Å²) in [6.07, 6.45) is 2.30. The third kappa shape index (κ3) is 4.29. The summed E-state index contributed by atoms with van der Waals surface area (Å²) in [7, 11) is 1.60. The largest absolute Gasteiger partial charge is 0.495 e. The molecule has 2 fully saturated rings. The van der Waals surface area contributed by atoms with Crippen LogP contribution in [-0.2, 0) is 9.59 Å². The first kappa shape index (κ1) is 17.7. The van der Waals surface area contributed by atoms with Gasteiger partial charge in [0.1, 0.15) is 5.75 Å². The molecule has 0 bridgehead atoms. The molecule has 2 saturated heterocycles. The lowest BCUT2D eigenvalue weighted by molar-refractivity contribution is -0.126. The molecule has 0 radical (unpaired) electrons. The number of piperidine rings is 1. The van der Waals surface area contributed by atoms with Gasteiger partial charge in [0.25, 0.3) is 0 Å². The standard InChI is InChI=1S/C18H26N4O3/c1-12-5-6-16(25-2)15(8-12)20-18(24)13-4-3-7-22(11-13)14-9-17(23)21-19-10-14/h5-6,8,13-14,19H,3-4,7,9-11H2,1-2H3,(H,20,24)(H,21,23). The van der Waals surface area contributed by atoms with Crippen LogP contribution in [0.5, 0.6) is 5.75 Å². The Morgan fingerprint density at radius 1 is 1.40 bits per heavy atom. The van der Waals surface area contributed by atoms with Crippen LogP contribution in [0.25, 0.3) is 0 Å². The second kappa shape index (κ2) is 7.84. The highest BCUT2D eigenvalue weighted by atomic mass is 16.5. The Hall–Kier alpha value is -2.12. The first-order chi connectivity index (χ1) is 12.1. The average Bonchev–Trinajstić information content (AvgIpc) is 2.62.